The summed E-state index contributed by atoms with van der Waals surface area (Å²) in [5.74, 6) is -0.613. The third-order valence-corrected chi connectivity index (χ3v) is 5.88. The van der Waals surface area contributed by atoms with Crippen LogP contribution in [-0.2, 0) is 14.8 Å². The number of hydrogen-bond acceptors (Lipinski definition) is 5. The molecule has 0 aliphatic carbocycles. The van der Waals surface area contributed by atoms with E-state index in [2.05, 4.69) is 12.2 Å². The smallest absolute Gasteiger partial charge is 0.268 e. The van der Waals surface area contributed by atoms with Gasteiger partial charge in [-0.2, -0.15) is 0 Å². The number of rotatable bonds is 11. The average Bonchev–Trinajstić information content (AvgIpc) is 2.73. The molecule has 162 valence electrons. The van der Waals surface area contributed by atoms with Crippen LogP contribution in [0.3, 0.4) is 0 Å². The lowest BCUT2D eigenvalue weighted by Crippen LogP contribution is -2.30. The minimum absolute atomic E-state index is 0.0803. The molecule has 0 saturated carbocycles. The number of ether oxygens (including phenoxy) is 1. The molecule has 2 rings (SSSR count). The summed E-state index contributed by atoms with van der Waals surface area (Å²) in [6.07, 6.45) is 5.72. The summed E-state index contributed by atoms with van der Waals surface area (Å²) in [5, 5.41) is 2.76. The number of amides is 2. The van der Waals surface area contributed by atoms with Crippen molar-refractivity contribution in [3.63, 3.8) is 0 Å². The van der Waals surface area contributed by atoms with Gasteiger partial charge in [-0.3, -0.25) is 9.59 Å². The van der Waals surface area contributed by atoms with Gasteiger partial charge in [0.2, 0.25) is 5.91 Å². The van der Waals surface area contributed by atoms with Crippen molar-refractivity contribution in [2.24, 2.45) is 0 Å². The molecule has 8 heteroatoms. The largest absolute Gasteiger partial charge is 0.496 e. The number of anilines is 1. The second kappa shape index (κ2) is 11.3. The van der Waals surface area contributed by atoms with E-state index >= 15 is 0 Å². The Morgan fingerprint density at radius 1 is 0.933 bits per heavy atom. The van der Waals surface area contributed by atoms with Crippen LogP contribution in [0.2, 0.25) is 0 Å². The van der Waals surface area contributed by atoms with Crippen molar-refractivity contribution < 1.29 is 22.7 Å². The van der Waals surface area contributed by atoms with Crippen molar-refractivity contribution in [1.82, 2.24) is 4.72 Å². The number of hydrogen-bond donors (Lipinski definition) is 2. The number of benzene rings is 2. The Labute approximate surface area is 177 Å². The highest BCUT2D eigenvalue weighted by molar-refractivity contribution is 7.90. The number of methoxy groups -OCH3 is 1. The lowest BCUT2D eigenvalue weighted by molar-refractivity contribution is -0.116. The van der Waals surface area contributed by atoms with Gasteiger partial charge in [0, 0.05) is 12.1 Å². The van der Waals surface area contributed by atoms with Gasteiger partial charge in [0.05, 0.1) is 17.6 Å². The summed E-state index contributed by atoms with van der Waals surface area (Å²) >= 11 is 0. The maximum atomic E-state index is 12.5. The summed E-state index contributed by atoms with van der Waals surface area (Å²) in [6.45, 7) is 2.14. The first-order valence-corrected chi connectivity index (χ1v) is 11.5. The molecule has 2 aromatic carbocycles. The highest BCUT2D eigenvalue weighted by Crippen LogP contribution is 2.19. The normalized spacial score (nSPS) is 11.0. The average molecular weight is 433 g/mol. The van der Waals surface area contributed by atoms with Gasteiger partial charge in [-0.25, -0.2) is 13.1 Å². The molecule has 0 atom stereocenters. The minimum Gasteiger partial charge on any atom is -0.496 e. The van der Waals surface area contributed by atoms with Crippen molar-refractivity contribution >= 4 is 27.5 Å². The van der Waals surface area contributed by atoms with Crippen LogP contribution in [0.5, 0.6) is 5.75 Å². The highest BCUT2D eigenvalue weighted by Gasteiger charge is 2.21. The van der Waals surface area contributed by atoms with Crippen molar-refractivity contribution in [2.45, 2.75) is 50.3 Å². The van der Waals surface area contributed by atoms with Crippen molar-refractivity contribution in [2.75, 3.05) is 12.4 Å². The topological polar surface area (TPSA) is 102 Å². The highest BCUT2D eigenvalue weighted by atomic mass is 32.2. The van der Waals surface area contributed by atoms with Crippen LogP contribution in [0.25, 0.3) is 0 Å². The molecular formula is C22H28N2O5S. The second-order valence-corrected chi connectivity index (χ2v) is 8.55. The zero-order valence-electron chi connectivity index (χ0n) is 17.3. The van der Waals surface area contributed by atoms with Gasteiger partial charge in [0.25, 0.3) is 15.9 Å². The number of unbranched alkanes of at least 4 members (excludes halogenated alkanes) is 4. The molecule has 0 spiro atoms. The maximum absolute atomic E-state index is 12.5. The molecule has 0 aliphatic heterocycles. The molecule has 30 heavy (non-hydrogen) atoms. The van der Waals surface area contributed by atoms with E-state index in [-0.39, 0.29) is 22.1 Å². The molecule has 2 N–H and O–H groups in total. The molecule has 0 fully saturated rings. The number of para-hydroxylation sites is 1. The summed E-state index contributed by atoms with van der Waals surface area (Å²) in [7, 11) is -2.67. The van der Waals surface area contributed by atoms with Gasteiger partial charge in [0.15, 0.2) is 0 Å². The summed E-state index contributed by atoms with van der Waals surface area (Å²) in [6, 6.07) is 12.0. The number of sulfonamides is 1. The van der Waals surface area contributed by atoms with Gasteiger partial charge >= 0.3 is 0 Å². The fourth-order valence-corrected chi connectivity index (χ4v) is 3.86. The van der Waals surface area contributed by atoms with E-state index in [1.54, 1.807) is 18.2 Å². The maximum Gasteiger partial charge on any atom is 0.268 e. The quantitative estimate of drug-likeness (QED) is 0.520. The van der Waals surface area contributed by atoms with Crippen molar-refractivity contribution in [3.05, 3.63) is 54.1 Å². The summed E-state index contributed by atoms with van der Waals surface area (Å²) in [5.41, 5.74) is 0.620. The first kappa shape index (κ1) is 23.4. The van der Waals surface area contributed by atoms with Gasteiger partial charge < -0.3 is 10.1 Å². The SMILES string of the molecule is CCCCCCCC(=O)Nc1ccc(S(=O)(=O)NC(=O)c2ccccc2OC)cc1. The van der Waals surface area contributed by atoms with Crippen molar-refractivity contribution in [3.8, 4) is 5.75 Å². The Hall–Kier alpha value is -2.87. The van der Waals surface area contributed by atoms with E-state index in [1.807, 2.05) is 4.72 Å². The minimum atomic E-state index is -4.07. The lowest BCUT2D eigenvalue weighted by Gasteiger charge is -2.10. The zero-order chi connectivity index (χ0) is 22.0. The van der Waals surface area contributed by atoms with E-state index in [1.165, 1.54) is 43.9 Å². The van der Waals surface area contributed by atoms with Gasteiger partial charge in [-0.05, 0) is 42.8 Å². The van der Waals surface area contributed by atoms with Crippen LogP contribution < -0.4 is 14.8 Å². The molecule has 0 unspecified atom stereocenters. The Kier molecular flexibility index (Phi) is 8.86. The molecule has 0 aliphatic rings. The van der Waals surface area contributed by atoms with E-state index in [0.29, 0.717) is 12.1 Å². The second-order valence-electron chi connectivity index (χ2n) is 6.87. The third-order valence-electron chi connectivity index (χ3n) is 4.53. The van der Waals surface area contributed by atoms with Crippen LogP contribution in [0.1, 0.15) is 55.8 Å². The summed E-state index contributed by atoms with van der Waals surface area (Å²) < 4.78 is 32.2. The number of carbonyl (C=O) groups excluding carboxylic acids is 2. The van der Waals surface area contributed by atoms with Crippen LogP contribution in [0, 0.1) is 0 Å². The van der Waals surface area contributed by atoms with Gasteiger partial charge in [0.1, 0.15) is 5.75 Å². The molecule has 0 heterocycles. The Morgan fingerprint density at radius 2 is 1.60 bits per heavy atom. The fourth-order valence-electron chi connectivity index (χ4n) is 2.90. The van der Waals surface area contributed by atoms with E-state index in [4.69, 9.17) is 4.74 Å². The predicted octanol–water partition coefficient (Wildman–Crippen LogP) is 4.11. The number of nitrogens with one attached hydrogen (secondary N) is 2. The standard InChI is InChI=1S/C22H28N2O5S/c1-3-4-5-6-7-12-21(25)23-17-13-15-18(16-14-17)30(27,28)24-22(26)19-10-8-9-11-20(19)29-2/h8-11,13-16H,3-7,12H2,1-2H3,(H,23,25)(H,24,26). The van der Waals surface area contributed by atoms with Gasteiger partial charge in [-0.15, -0.1) is 0 Å². The van der Waals surface area contributed by atoms with Crippen molar-refractivity contribution in [1.29, 1.82) is 0 Å². The fraction of sp³-hybridized carbons (Fsp3) is 0.364. The van der Waals surface area contributed by atoms with Crippen LogP contribution >= 0.6 is 0 Å². The summed E-state index contributed by atoms with van der Waals surface area (Å²) in [4.78, 5) is 24.3. The number of carbonyl (C=O) groups is 2. The first-order chi connectivity index (χ1) is 14.4. The predicted molar refractivity (Wildman–Crippen MR) is 116 cm³/mol. The Bertz CT molecular complexity index is 956. The lowest BCUT2D eigenvalue weighted by atomic mass is 10.1. The molecule has 0 aromatic heterocycles. The molecular weight excluding hydrogens is 404 g/mol. The molecule has 0 bridgehead atoms. The molecule has 7 nitrogen and oxygen atoms in total. The first-order valence-electron chi connectivity index (χ1n) is 9.97. The van der Waals surface area contributed by atoms with Crippen LogP contribution in [0.4, 0.5) is 5.69 Å². The van der Waals surface area contributed by atoms with E-state index < -0.39 is 15.9 Å². The van der Waals surface area contributed by atoms with Gasteiger partial charge in [-0.1, -0.05) is 44.7 Å². The molecule has 0 saturated heterocycles. The van der Waals surface area contributed by atoms with E-state index in [9.17, 15) is 18.0 Å². The Morgan fingerprint density at radius 3 is 2.27 bits per heavy atom. The monoisotopic (exact) mass is 432 g/mol. The Balaban J connectivity index is 1.96. The molecule has 2 amide bonds. The molecule has 0 radical (unpaired) electrons. The zero-order valence-corrected chi connectivity index (χ0v) is 18.1. The third kappa shape index (κ3) is 6.88. The van der Waals surface area contributed by atoms with Crippen LogP contribution in [-0.4, -0.2) is 27.3 Å². The molecule has 2 aromatic rings. The van der Waals surface area contributed by atoms with E-state index in [0.717, 1.165) is 25.7 Å². The van der Waals surface area contributed by atoms with Crippen LogP contribution in [0.15, 0.2) is 53.4 Å².